The Morgan fingerprint density at radius 3 is 2.09 bits per heavy atom. The largest absolute Gasteiger partial charge is 0.507 e. The molecule has 0 unspecified atom stereocenters. The lowest BCUT2D eigenvalue weighted by Crippen LogP contribution is -2.11. The standard InChI is InChI=1S/C50H45N3O/c1-31-16-18-36(19-17-31)37-20-21-51-45(30-37)40-26-39(27-41(28-40)50(5,6)7)43-14-11-15-46-47(43)52-49(44-25-32(2)22-34(4)48(44)54)53(46)42-24-33(3)23-38(29-42)35-12-9-8-10-13-35/h8-30,54H,1-7H3/i1D3. The third kappa shape index (κ3) is 6.60. The van der Waals surface area contributed by atoms with Gasteiger partial charge in [-0.1, -0.05) is 111 Å². The molecule has 8 aromatic rings. The Morgan fingerprint density at radius 1 is 0.593 bits per heavy atom. The van der Waals surface area contributed by atoms with E-state index in [1.54, 1.807) is 12.1 Å². The molecule has 0 aliphatic carbocycles. The van der Waals surface area contributed by atoms with Gasteiger partial charge < -0.3 is 5.11 Å². The Morgan fingerprint density at radius 2 is 1.33 bits per heavy atom. The molecule has 0 atom stereocenters. The van der Waals surface area contributed by atoms with Crippen LogP contribution in [-0.2, 0) is 5.41 Å². The topological polar surface area (TPSA) is 50.9 Å². The summed E-state index contributed by atoms with van der Waals surface area (Å²) in [5, 5.41) is 11.6. The van der Waals surface area contributed by atoms with E-state index in [4.69, 9.17) is 14.1 Å². The minimum atomic E-state index is -2.16. The van der Waals surface area contributed by atoms with Crippen molar-refractivity contribution in [3.05, 3.63) is 167 Å². The van der Waals surface area contributed by atoms with Crippen molar-refractivity contribution in [3.8, 4) is 67.5 Å². The van der Waals surface area contributed by atoms with Gasteiger partial charge in [-0.05, 0) is 132 Å². The predicted molar refractivity (Wildman–Crippen MR) is 225 cm³/mol. The maximum atomic E-state index is 11.6. The summed E-state index contributed by atoms with van der Waals surface area (Å²) in [7, 11) is 0. The lowest BCUT2D eigenvalue weighted by atomic mass is 9.83. The van der Waals surface area contributed by atoms with Crippen molar-refractivity contribution in [1.82, 2.24) is 14.5 Å². The van der Waals surface area contributed by atoms with Gasteiger partial charge in [0.25, 0.3) is 0 Å². The van der Waals surface area contributed by atoms with Crippen LogP contribution < -0.4 is 0 Å². The number of benzene rings is 6. The Bertz CT molecular complexity index is 2790. The fraction of sp³-hybridized carbons (Fsp3) is 0.160. The highest BCUT2D eigenvalue weighted by atomic mass is 16.3. The SMILES string of the molecule is [2H]C([2H])([2H])c1ccc(-c2ccnc(-c3cc(-c4cccc5c4nc(-c4cc(C)cc(C)c4O)n5-c4cc(C)cc(-c5ccccc5)c4)cc(C(C)(C)C)c3)c2)cc1. The molecule has 0 bridgehead atoms. The number of pyridine rings is 1. The molecule has 54 heavy (non-hydrogen) atoms. The van der Waals surface area contributed by atoms with Gasteiger partial charge in [0.05, 0.1) is 22.3 Å². The van der Waals surface area contributed by atoms with Crippen LogP contribution in [-0.4, -0.2) is 19.6 Å². The summed E-state index contributed by atoms with van der Waals surface area (Å²) in [6.07, 6.45) is 1.81. The molecule has 1 N–H and O–H groups in total. The number of hydrogen-bond acceptors (Lipinski definition) is 3. The van der Waals surface area contributed by atoms with E-state index < -0.39 is 6.85 Å². The molecule has 0 amide bonds. The summed E-state index contributed by atoms with van der Waals surface area (Å²) in [6, 6.07) is 45.0. The first-order valence-electron chi connectivity index (χ1n) is 19.9. The van der Waals surface area contributed by atoms with Gasteiger partial charge in [-0.2, -0.15) is 0 Å². The number of imidazole rings is 1. The van der Waals surface area contributed by atoms with Crippen LogP contribution in [0.5, 0.6) is 5.75 Å². The van der Waals surface area contributed by atoms with Gasteiger partial charge in [0.15, 0.2) is 0 Å². The fourth-order valence-corrected chi connectivity index (χ4v) is 7.39. The highest BCUT2D eigenvalue weighted by Crippen LogP contribution is 2.41. The van der Waals surface area contributed by atoms with E-state index in [1.807, 2.05) is 56.4 Å². The number of hydrogen-bond donors (Lipinski definition) is 1. The second kappa shape index (κ2) is 13.6. The molecule has 2 heterocycles. The smallest absolute Gasteiger partial charge is 0.149 e. The zero-order chi connectivity index (χ0) is 40.2. The van der Waals surface area contributed by atoms with Crippen molar-refractivity contribution < 1.29 is 9.22 Å². The van der Waals surface area contributed by atoms with Crippen LogP contribution in [0.3, 0.4) is 0 Å². The summed E-state index contributed by atoms with van der Waals surface area (Å²) >= 11 is 0. The molecule has 0 radical (unpaired) electrons. The van der Waals surface area contributed by atoms with Gasteiger partial charge in [-0.3, -0.25) is 9.55 Å². The van der Waals surface area contributed by atoms with Crippen LogP contribution in [0.25, 0.3) is 72.7 Å². The van der Waals surface area contributed by atoms with E-state index in [0.717, 1.165) is 83.6 Å². The molecule has 8 rings (SSSR count). The summed E-state index contributed by atoms with van der Waals surface area (Å²) in [5.41, 5.74) is 15.5. The van der Waals surface area contributed by atoms with E-state index in [1.165, 1.54) is 0 Å². The zero-order valence-corrected chi connectivity index (χ0v) is 31.6. The van der Waals surface area contributed by atoms with Gasteiger partial charge in [0.1, 0.15) is 11.6 Å². The maximum Gasteiger partial charge on any atom is 0.149 e. The normalized spacial score (nSPS) is 12.7. The predicted octanol–water partition coefficient (Wildman–Crippen LogP) is 13.0. The summed E-state index contributed by atoms with van der Waals surface area (Å²) in [4.78, 5) is 10.3. The Balaban J connectivity index is 1.34. The first-order valence-corrected chi connectivity index (χ1v) is 18.4. The van der Waals surface area contributed by atoms with Crippen molar-refractivity contribution in [2.45, 2.75) is 53.8 Å². The average Bonchev–Trinajstić information content (AvgIpc) is 3.58. The Kier molecular flexibility index (Phi) is 7.89. The number of phenols is 1. The van der Waals surface area contributed by atoms with Crippen LogP contribution in [0.4, 0.5) is 0 Å². The number of aromatic nitrogens is 3. The van der Waals surface area contributed by atoms with Gasteiger partial charge in [0, 0.05) is 27.1 Å². The first kappa shape index (κ1) is 31.3. The zero-order valence-electron chi connectivity index (χ0n) is 34.6. The van der Waals surface area contributed by atoms with Crippen molar-refractivity contribution in [3.63, 3.8) is 0 Å². The first-order chi connectivity index (χ1) is 27.1. The van der Waals surface area contributed by atoms with Crippen LogP contribution in [0.1, 0.15) is 52.7 Å². The quantitative estimate of drug-likeness (QED) is 0.187. The van der Waals surface area contributed by atoms with E-state index in [9.17, 15) is 5.11 Å². The van der Waals surface area contributed by atoms with Gasteiger partial charge in [-0.15, -0.1) is 0 Å². The third-order valence-corrected chi connectivity index (χ3v) is 10.2. The van der Waals surface area contributed by atoms with Gasteiger partial charge in [-0.25, -0.2) is 4.98 Å². The molecule has 0 spiro atoms. The average molecular weight is 707 g/mol. The van der Waals surface area contributed by atoms with Gasteiger partial charge in [0.2, 0.25) is 0 Å². The minimum Gasteiger partial charge on any atom is -0.507 e. The van der Waals surface area contributed by atoms with Crippen LogP contribution in [0, 0.1) is 27.6 Å². The number of aryl methyl sites for hydroxylation is 4. The molecule has 0 aliphatic heterocycles. The van der Waals surface area contributed by atoms with E-state index in [0.29, 0.717) is 17.0 Å². The molecular formula is C50H45N3O. The van der Waals surface area contributed by atoms with Crippen molar-refractivity contribution in [1.29, 1.82) is 0 Å². The molecule has 6 aromatic carbocycles. The number of rotatable bonds is 6. The molecule has 266 valence electrons. The van der Waals surface area contributed by atoms with Crippen molar-refractivity contribution in [2.75, 3.05) is 0 Å². The number of aromatic hydroxyl groups is 1. The Labute approximate surface area is 322 Å². The van der Waals surface area contributed by atoms with Gasteiger partial charge >= 0.3 is 0 Å². The number of para-hydroxylation sites is 1. The van der Waals surface area contributed by atoms with E-state index in [-0.39, 0.29) is 11.2 Å². The summed E-state index contributed by atoms with van der Waals surface area (Å²) < 4.78 is 25.6. The summed E-state index contributed by atoms with van der Waals surface area (Å²) in [6.45, 7) is 10.6. The number of fused-ring (bicyclic) bond motifs is 1. The molecular weight excluding hydrogens is 659 g/mol. The third-order valence-electron chi connectivity index (χ3n) is 10.2. The van der Waals surface area contributed by atoms with Crippen molar-refractivity contribution in [2.24, 2.45) is 0 Å². The van der Waals surface area contributed by atoms with Crippen LogP contribution in [0.15, 0.2) is 140 Å². The monoisotopic (exact) mass is 706 g/mol. The Hall–Kier alpha value is -6.26. The van der Waals surface area contributed by atoms with E-state index >= 15 is 0 Å². The van der Waals surface area contributed by atoms with E-state index in [2.05, 4.69) is 117 Å². The molecule has 0 fully saturated rings. The molecule has 0 saturated heterocycles. The van der Waals surface area contributed by atoms with Crippen LogP contribution >= 0.6 is 0 Å². The van der Waals surface area contributed by atoms with Crippen LogP contribution in [0.2, 0.25) is 0 Å². The molecule has 2 aromatic heterocycles. The van der Waals surface area contributed by atoms with Crippen molar-refractivity contribution >= 4 is 11.0 Å². The maximum absolute atomic E-state index is 11.6. The second-order valence-corrected chi connectivity index (χ2v) is 15.4. The molecule has 0 aliphatic rings. The highest BCUT2D eigenvalue weighted by Gasteiger charge is 2.23. The molecule has 4 nitrogen and oxygen atoms in total. The number of phenolic OH excluding ortho intramolecular Hbond substituents is 1. The minimum absolute atomic E-state index is 0.174. The molecule has 4 heteroatoms. The summed E-state index contributed by atoms with van der Waals surface area (Å²) in [5.74, 6) is 0.878. The lowest BCUT2D eigenvalue weighted by molar-refractivity contribution is 0.472. The fourth-order valence-electron chi connectivity index (χ4n) is 7.39. The lowest BCUT2D eigenvalue weighted by Gasteiger charge is -2.22. The number of nitrogens with zero attached hydrogens (tertiary/aromatic N) is 3. The highest BCUT2D eigenvalue weighted by molar-refractivity contribution is 5.97. The molecule has 0 saturated carbocycles. The second-order valence-electron chi connectivity index (χ2n) is 15.4.